The maximum atomic E-state index is 13.5. The van der Waals surface area contributed by atoms with Crippen molar-refractivity contribution in [1.29, 1.82) is 0 Å². The van der Waals surface area contributed by atoms with Crippen molar-refractivity contribution in [3.8, 4) is 5.75 Å². The predicted octanol–water partition coefficient (Wildman–Crippen LogP) is 1.46. The van der Waals surface area contributed by atoms with Crippen LogP contribution in [-0.4, -0.2) is 88.4 Å². The Kier molecular flexibility index (Phi) is 7.54. The number of sulfonamides is 1. The summed E-state index contributed by atoms with van der Waals surface area (Å²) in [5, 5.41) is 0. The van der Waals surface area contributed by atoms with Gasteiger partial charge in [-0.2, -0.15) is 0 Å². The molecule has 1 amide bonds. The Balaban J connectivity index is 2.01. The molecule has 0 N–H and O–H groups in total. The number of carbonyl (C=O) groups is 3. The van der Waals surface area contributed by atoms with Gasteiger partial charge in [0, 0.05) is 32.7 Å². The highest BCUT2D eigenvalue weighted by Gasteiger charge is 2.51. The number of rotatable bonds is 9. The Bertz CT molecular complexity index is 1170. The average Bonchev–Trinajstić information content (AvgIpc) is 3.07. The minimum Gasteiger partial charge on any atom is -0.497 e. The molecule has 0 aromatic heterocycles. The zero-order valence-corrected chi connectivity index (χ0v) is 20.7. The molecule has 3 rings (SSSR count). The zero-order valence-electron chi connectivity index (χ0n) is 19.9. The molecule has 2 unspecified atom stereocenters. The van der Waals surface area contributed by atoms with Crippen molar-refractivity contribution in [2.45, 2.75) is 10.9 Å². The molecule has 1 aliphatic rings. The van der Waals surface area contributed by atoms with E-state index in [0.29, 0.717) is 17.9 Å². The van der Waals surface area contributed by atoms with Crippen LogP contribution in [0.3, 0.4) is 0 Å². The number of amides is 1. The first-order valence-corrected chi connectivity index (χ1v) is 12.1. The number of ketones is 2. The number of carbonyl (C=O) groups excluding carboxylic acids is 3. The summed E-state index contributed by atoms with van der Waals surface area (Å²) in [5.74, 6) is -2.62. The van der Waals surface area contributed by atoms with Crippen molar-refractivity contribution in [2.75, 3.05) is 48.4 Å². The van der Waals surface area contributed by atoms with Crippen LogP contribution in [0.25, 0.3) is 0 Å². The molecule has 0 radical (unpaired) electrons. The van der Waals surface area contributed by atoms with E-state index >= 15 is 0 Å². The van der Waals surface area contributed by atoms with Crippen LogP contribution in [0, 0.1) is 5.92 Å². The minimum atomic E-state index is -3.67. The molecule has 0 saturated carbocycles. The molecule has 10 heteroatoms. The highest BCUT2D eigenvalue weighted by atomic mass is 32.2. The summed E-state index contributed by atoms with van der Waals surface area (Å²) in [6.45, 7) is 0.793. The SMILES string of the molecule is COc1ccc(C2C(C(=O)c3ccc(S(=O)(=O)N(C)C)cc3)C(=O)C(=O)N2CCN(C)C)cc1. The van der Waals surface area contributed by atoms with Crippen LogP contribution >= 0.6 is 0 Å². The summed E-state index contributed by atoms with van der Waals surface area (Å²) in [6, 6.07) is 11.6. The molecular formula is C24H29N3O6S. The summed E-state index contributed by atoms with van der Waals surface area (Å²) in [6.07, 6.45) is 0. The molecule has 1 saturated heterocycles. The lowest BCUT2D eigenvalue weighted by Gasteiger charge is -2.28. The van der Waals surface area contributed by atoms with Gasteiger partial charge in [0.05, 0.1) is 18.0 Å². The Morgan fingerprint density at radius 3 is 2.06 bits per heavy atom. The van der Waals surface area contributed by atoms with Gasteiger partial charge in [-0.1, -0.05) is 24.3 Å². The van der Waals surface area contributed by atoms with Gasteiger partial charge in [-0.3, -0.25) is 14.4 Å². The third-order valence-electron chi connectivity index (χ3n) is 5.85. The van der Waals surface area contributed by atoms with E-state index in [4.69, 9.17) is 4.74 Å². The van der Waals surface area contributed by atoms with Gasteiger partial charge in [-0.05, 0) is 43.9 Å². The van der Waals surface area contributed by atoms with Crippen LogP contribution in [0.2, 0.25) is 0 Å². The molecule has 0 bridgehead atoms. The molecule has 2 atom stereocenters. The van der Waals surface area contributed by atoms with Crippen molar-refractivity contribution in [1.82, 2.24) is 14.1 Å². The number of Topliss-reactive ketones (excluding diaryl/α,β-unsaturated/α-hetero) is 2. The maximum absolute atomic E-state index is 13.5. The van der Waals surface area contributed by atoms with E-state index in [-0.39, 0.29) is 17.0 Å². The highest BCUT2D eigenvalue weighted by molar-refractivity contribution is 7.89. The highest BCUT2D eigenvalue weighted by Crippen LogP contribution is 2.38. The van der Waals surface area contributed by atoms with E-state index in [1.165, 1.54) is 50.4 Å². The summed E-state index contributed by atoms with van der Waals surface area (Å²) < 4.78 is 31.0. The van der Waals surface area contributed by atoms with Gasteiger partial charge in [0.25, 0.3) is 5.91 Å². The Morgan fingerprint density at radius 2 is 1.56 bits per heavy atom. The summed E-state index contributed by atoms with van der Waals surface area (Å²) in [7, 11) is 4.42. The number of nitrogens with zero attached hydrogens (tertiary/aromatic N) is 3. The minimum absolute atomic E-state index is 0.0298. The van der Waals surface area contributed by atoms with Crippen LogP contribution in [0.5, 0.6) is 5.75 Å². The summed E-state index contributed by atoms with van der Waals surface area (Å²) in [5.41, 5.74) is 0.806. The second-order valence-electron chi connectivity index (χ2n) is 8.54. The van der Waals surface area contributed by atoms with Crippen LogP contribution < -0.4 is 4.74 Å². The van der Waals surface area contributed by atoms with Crippen LogP contribution in [-0.2, 0) is 19.6 Å². The lowest BCUT2D eigenvalue weighted by Crippen LogP contribution is -2.36. The first kappa shape index (κ1) is 25.5. The fraction of sp³-hybridized carbons (Fsp3) is 0.375. The van der Waals surface area contributed by atoms with Crippen molar-refractivity contribution < 1.29 is 27.5 Å². The van der Waals surface area contributed by atoms with Gasteiger partial charge in [0.2, 0.25) is 15.8 Å². The second-order valence-corrected chi connectivity index (χ2v) is 10.7. The van der Waals surface area contributed by atoms with E-state index < -0.39 is 39.5 Å². The molecule has 34 heavy (non-hydrogen) atoms. The molecule has 2 aromatic carbocycles. The summed E-state index contributed by atoms with van der Waals surface area (Å²) >= 11 is 0. The van der Waals surface area contributed by atoms with Gasteiger partial charge in [0.1, 0.15) is 11.7 Å². The van der Waals surface area contributed by atoms with Crippen LogP contribution in [0.4, 0.5) is 0 Å². The lowest BCUT2D eigenvalue weighted by molar-refractivity contribution is -0.140. The smallest absolute Gasteiger partial charge is 0.291 e. The third kappa shape index (κ3) is 4.89. The Hall–Kier alpha value is -3.08. The topological polar surface area (TPSA) is 104 Å². The molecule has 2 aromatic rings. The van der Waals surface area contributed by atoms with Gasteiger partial charge < -0.3 is 14.5 Å². The molecule has 1 fully saturated rings. The van der Waals surface area contributed by atoms with Crippen molar-refractivity contribution in [3.63, 3.8) is 0 Å². The number of likely N-dealkylation sites (tertiary alicyclic amines) is 1. The molecule has 1 heterocycles. The number of likely N-dealkylation sites (N-methyl/N-ethyl adjacent to an activating group) is 1. The molecule has 182 valence electrons. The Morgan fingerprint density at radius 1 is 0.971 bits per heavy atom. The van der Waals surface area contributed by atoms with Crippen molar-refractivity contribution in [3.05, 3.63) is 59.7 Å². The van der Waals surface area contributed by atoms with E-state index in [1.807, 2.05) is 19.0 Å². The first-order valence-electron chi connectivity index (χ1n) is 10.7. The standard InChI is InChI=1S/C24H29N3O6S/c1-25(2)14-15-27-21(16-6-10-18(33-5)11-7-16)20(23(29)24(27)30)22(28)17-8-12-19(13-9-17)34(31,32)26(3)4/h6-13,20-21H,14-15H2,1-5H3. The number of ether oxygens (including phenoxy) is 1. The molecule has 9 nitrogen and oxygen atoms in total. The maximum Gasteiger partial charge on any atom is 0.291 e. The number of hydrogen-bond acceptors (Lipinski definition) is 7. The fourth-order valence-electron chi connectivity index (χ4n) is 3.89. The van der Waals surface area contributed by atoms with E-state index in [2.05, 4.69) is 0 Å². The molecule has 0 spiro atoms. The van der Waals surface area contributed by atoms with Gasteiger partial charge in [-0.25, -0.2) is 12.7 Å². The fourth-order valence-corrected chi connectivity index (χ4v) is 4.79. The van der Waals surface area contributed by atoms with Gasteiger partial charge >= 0.3 is 0 Å². The molecule has 1 aliphatic heterocycles. The second kappa shape index (κ2) is 10.0. The van der Waals surface area contributed by atoms with Gasteiger partial charge in [0.15, 0.2) is 5.78 Å². The van der Waals surface area contributed by atoms with Crippen LogP contribution in [0.15, 0.2) is 53.4 Å². The van der Waals surface area contributed by atoms with Crippen molar-refractivity contribution in [2.24, 2.45) is 5.92 Å². The van der Waals surface area contributed by atoms with Crippen molar-refractivity contribution >= 4 is 27.5 Å². The number of hydrogen-bond donors (Lipinski definition) is 0. The Labute approximate surface area is 200 Å². The third-order valence-corrected chi connectivity index (χ3v) is 7.68. The average molecular weight is 488 g/mol. The zero-order chi connectivity index (χ0) is 25.2. The largest absolute Gasteiger partial charge is 0.497 e. The van der Waals surface area contributed by atoms with E-state index in [1.54, 1.807) is 24.3 Å². The predicted molar refractivity (Wildman–Crippen MR) is 126 cm³/mol. The number of methoxy groups -OCH3 is 1. The van der Waals surface area contributed by atoms with E-state index in [0.717, 1.165) is 4.31 Å². The summed E-state index contributed by atoms with van der Waals surface area (Å²) in [4.78, 5) is 42.8. The number of benzene rings is 2. The van der Waals surface area contributed by atoms with Gasteiger partial charge in [-0.15, -0.1) is 0 Å². The quantitative estimate of drug-likeness (QED) is 0.300. The molecular weight excluding hydrogens is 458 g/mol. The monoisotopic (exact) mass is 487 g/mol. The lowest BCUT2D eigenvalue weighted by atomic mass is 9.86. The van der Waals surface area contributed by atoms with E-state index in [9.17, 15) is 22.8 Å². The first-order chi connectivity index (χ1) is 16.0. The van der Waals surface area contributed by atoms with Crippen LogP contribution in [0.1, 0.15) is 22.0 Å². The molecule has 0 aliphatic carbocycles. The normalized spacial score (nSPS) is 18.7.